The summed E-state index contributed by atoms with van der Waals surface area (Å²) in [5.41, 5.74) is 3.49. The number of rotatable bonds is 7. The molecule has 1 amide bonds. The van der Waals surface area contributed by atoms with Crippen LogP contribution in [0.2, 0.25) is 5.02 Å². The van der Waals surface area contributed by atoms with Gasteiger partial charge in [-0.15, -0.1) is 0 Å². The lowest BCUT2D eigenvalue weighted by Crippen LogP contribution is -2.41. The Morgan fingerprint density at radius 3 is 2.03 bits per heavy atom. The van der Waals surface area contributed by atoms with Crippen LogP contribution in [0.1, 0.15) is 50.4 Å². The van der Waals surface area contributed by atoms with Crippen LogP contribution in [0.5, 0.6) is 0 Å². The van der Waals surface area contributed by atoms with Crippen molar-refractivity contribution in [3.8, 4) is 0 Å². The smallest absolute Gasteiger partial charge is 0.264 e. The van der Waals surface area contributed by atoms with Crippen LogP contribution in [0.4, 0.5) is 5.69 Å². The van der Waals surface area contributed by atoms with Gasteiger partial charge in [0.05, 0.1) is 16.6 Å². The first kappa shape index (κ1) is 25.8. The van der Waals surface area contributed by atoms with Crippen molar-refractivity contribution in [1.29, 1.82) is 0 Å². The largest absolute Gasteiger partial charge is 0.348 e. The molecule has 3 aromatic rings. The van der Waals surface area contributed by atoms with Crippen molar-refractivity contribution in [1.82, 2.24) is 5.32 Å². The van der Waals surface area contributed by atoms with Gasteiger partial charge in [0, 0.05) is 5.02 Å². The minimum atomic E-state index is -3.97. The van der Waals surface area contributed by atoms with Gasteiger partial charge in [0.2, 0.25) is 5.91 Å². The van der Waals surface area contributed by atoms with Crippen molar-refractivity contribution in [2.24, 2.45) is 0 Å². The molecule has 0 spiro atoms. The molecule has 0 unspecified atom stereocenters. The Morgan fingerprint density at radius 2 is 1.50 bits per heavy atom. The number of nitrogens with zero attached hydrogens (tertiary/aromatic N) is 1. The number of aryl methyl sites for hydroxylation is 1. The normalized spacial score (nSPS) is 12.8. The van der Waals surface area contributed by atoms with Crippen molar-refractivity contribution >= 4 is 33.2 Å². The van der Waals surface area contributed by atoms with Crippen LogP contribution in [0.25, 0.3) is 0 Å². The molecule has 1 N–H and O–H groups in total. The fraction of sp³-hybridized carbons (Fsp3) is 0.296. The first-order valence-corrected chi connectivity index (χ1v) is 12.9. The fourth-order valence-corrected chi connectivity index (χ4v) is 5.08. The molecule has 3 aromatic carbocycles. The van der Waals surface area contributed by atoms with Gasteiger partial charge in [0.15, 0.2) is 0 Å². The van der Waals surface area contributed by atoms with E-state index in [2.05, 4.69) is 38.2 Å². The molecule has 34 heavy (non-hydrogen) atoms. The Bertz CT molecular complexity index is 1230. The second-order valence-electron chi connectivity index (χ2n) is 9.46. The quantitative estimate of drug-likeness (QED) is 0.433. The molecule has 3 rings (SSSR count). The summed E-state index contributed by atoms with van der Waals surface area (Å²) in [6, 6.07) is 20.8. The zero-order valence-corrected chi connectivity index (χ0v) is 21.7. The van der Waals surface area contributed by atoms with Gasteiger partial charge in [-0.2, -0.15) is 0 Å². The maximum Gasteiger partial charge on any atom is 0.264 e. The molecule has 0 aliphatic rings. The standard InChI is InChI=1S/C27H31ClN2O3S/c1-19-6-16-25(17-7-19)34(32,33)30(24-14-12-23(28)13-15-24)18-26(31)29-20(2)21-8-10-22(11-9-21)27(3,4)5/h6-17,20H,18H2,1-5H3,(H,29,31)/t20-/m0/s1. The summed E-state index contributed by atoms with van der Waals surface area (Å²) in [5.74, 6) is -0.405. The number of anilines is 1. The molecule has 0 aliphatic heterocycles. The first-order chi connectivity index (χ1) is 15.9. The van der Waals surface area contributed by atoms with E-state index in [1.165, 1.54) is 5.56 Å². The van der Waals surface area contributed by atoms with E-state index in [0.717, 1.165) is 15.4 Å². The Balaban J connectivity index is 1.84. The van der Waals surface area contributed by atoms with Crippen LogP contribution in [0.3, 0.4) is 0 Å². The van der Waals surface area contributed by atoms with Crippen LogP contribution in [0, 0.1) is 6.92 Å². The van der Waals surface area contributed by atoms with Crippen LogP contribution < -0.4 is 9.62 Å². The zero-order chi connectivity index (χ0) is 25.1. The molecule has 0 bridgehead atoms. The molecular formula is C27H31ClN2O3S. The summed E-state index contributed by atoms with van der Waals surface area (Å²) < 4.78 is 28.0. The van der Waals surface area contributed by atoms with E-state index in [-0.39, 0.29) is 22.9 Å². The number of carbonyl (C=O) groups excluding carboxylic acids is 1. The van der Waals surface area contributed by atoms with E-state index in [1.54, 1.807) is 48.5 Å². The molecule has 0 aromatic heterocycles. The summed E-state index contributed by atoms with van der Waals surface area (Å²) in [6.07, 6.45) is 0. The number of hydrogen-bond donors (Lipinski definition) is 1. The van der Waals surface area contributed by atoms with Gasteiger partial charge in [-0.1, -0.05) is 74.3 Å². The third kappa shape index (κ3) is 6.19. The van der Waals surface area contributed by atoms with Gasteiger partial charge >= 0.3 is 0 Å². The number of carbonyl (C=O) groups is 1. The van der Waals surface area contributed by atoms with E-state index in [4.69, 9.17) is 11.6 Å². The highest BCUT2D eigenvalue weighted by Crippen LogP contribution is 2.26. The number of halogens is 1. The van der Waals surface area contributed by atoms with Crippen LogP contribution >= 0.6 is 11.6 Å². The lowest BCUT2D eigenvalue weighted by molar-refractivity contribution is -0.120. The van der Waals surface area contributed by atoms with E-state index >= 15 is 0 Å². The van der Waals surface area contributed by atoms with Gasteiger partial charge < -0.3 is 5.32 Å². The maximum absolute atomic E-state index is 13.5. The molecule has 0 saturated heterocycles. The molecule has 0 aliphatic carbocycles. The minimum absolute atomic E-state index is 0.0361. The summed E-state index contributed by atoms with van der Waals surface area (Å²) in [6.45, 7) is 9.84. The van der Waals surface area contributed by atoms with Gasteiger partial charge in [-0.3, -0.25) is 9.10 Å². The number of nitrogens with one attached hydrogen (secondary N) is 1. The summed E-state index contributed by atoms with van der Waals surface area (Å²) >= 11 is 6.00. The van der Waals surface area contributed by atoms with Crippen molar-refractivity contribution in [2.45, 2.75) is 51.0 Å². The van der Waals surface area contributed by atoms with Gasteiger partial charge in [-0.05, 0) is 66.8 Å². The lowest BCUT2D eigenvalue weighted by atomic mass is 9.86. The topological polar surface area (TPSA) is 66.5 Å². The van der Waals surface area contributed by atoms with Crippen molar-refractivity contribution in [3.05, 3.63) is 94.5 Å². The lowest BCUT2D eigenvalue weighted by Gasteiger charge is -2.25. The monoisotopic (exact) mass is 498 g/mol. The highest BCUT2D eigenvalue weighted by Gasteiger charge is 2.28. The predicted octanol–water partition coefficient (Wildman–Crippen LogP) is 6.02. The van der Waals surface area contributed by atoms with Crippen molar-refractivity contribution in [3.63, 3.8) is 0 Å². The Kier molecular flexibility index (Phi) is 7.74. The maximum atomic E-state index is 13.5. The van der Waals surface area contributed by atoms with E-state index < -0.39 is 15.9 Å². The number of hydrogen-bond acceptors (Lipinski definition) is 3. The molecule has 180 valence electrons. The Morgan fingerprint density at radius 1 is 0.941 bits per heavy atom. The molecule has 1 atom stereocenters. The number of amides is 1. The number of sulfonamides is 1. The molecule has 0 heterocycles. The van der Waals surface area contributed by atoms with E-state index in [9.17, 15) is 13.2 Å². The van der Waals surface area contributed by atoms with Gasteiger partial charge in [0.1, 0.15) is 6.54 Å². The van der Waals surface area contributed by atoms with Gasteiger partial charge in [0.25, 0.3) is 10.0 Å². The molecular weight excluding hydrogens is 468 g/mol. The molecule has 0 saturated carbocycles. The van der Waals surface area contributed by atoms with Crippen LogP contribution in [-0.2, 0) is 20.2 Å². The SMILES string of the molecule is Cc1ccc(S(=O)(=O)N(CC(=O)N[C@@H](C)c2ccc(C(C)(C)C)cc2)c2ccc(Cl)cc2)cc1. The summed E-state index contributed by atoms with van der Waals surface area (Å²) in [7, 11) is -3.97. The average Bonchev–Trinajstić information content (AvgIpc) is 2.78. The fourth-order valence-electron chi connectivity index (χ4n) is 3.53. The van der Waals surface area contributed by atoms with E-state index in [0.29, 0.717) is 10.7 Å². The minimum Gasteiger partial charge on any atom is -0.348 e. The third-order valence-corrected chi connectivity index (χ3v) is 7.71. The van der Waals surface area contributed by atoms with Gasteiger partial charge in [-0.25, -0.2) is 8.42 Å². The highest BCUT2D eigenvalue weighted by atomic mass is 35.5. The summed E-state index contributed by atoms with van der Waals surface area (Å²) in [5, 5.41) is 3.41. The molecule has 0 fully saturated rings. The zero-order valence-electron chi connectivity index (χ0n) is 20.2. The first-order valence-electron chi connectivity index (χ1n) is 11.1. The predicted molar refractivity (Wildman–Crippen MR) is 139 cm³/mol. The number of benzene rings is 3. The average molecular weight is 499 g/mol. The van der Waals surface area contributed by atoms with Crippen molar-refractivity contribution in [2.75, 3.05) is 10.8 Å². The Labute approximate surface area is 207 Å². The second kappa shape index (κ2) is 10.2. The highest BCUT2D eigenvalue weighted by molar-refractivity contribution is 7.92. The third-order valence-electron chi connectivity index (χ3n) is 5.67. The van der Waals surface area contributed by atoms with E-state index in [1.807, 2.05) is 26.0 Å². The molecule has 0 radical (unpaired) electrons. The molecule has 7 heteroatoms. The second-order valence-corrected chi connectivity index (χ2v) is 11.8. The molecule has 5 nitrogen and oxygen atoms in total. The Hall–Kier alpha value is -2.83. The van der Waals surface area contributed by atoms with Crippen molar-refractivity contribution < 1.29 is 13.2 Å². The van der Waals surface area contributed by atoms with Crippen LogP contribution in [0.15, 0.2) is 77.7 Å². The van der Waals surface area contributed by atoms with Crippen LogP contribution in [-0.4, -0.2) is 20.9 Å². The summed E-state index contributed by atoms with van der Waals surface area (Å²) in [4.78, 5) is 13.1.